The van der Waals surface area contributed by atoms with Gasteiger partial charge in [0, 0.05) is 11.0 Å². The van der Waals surface area contributed by atoms with E-state index in [-0.39, 0.29) is 23.9 Å². The lowest BCUT2D eigenvalue weighted by Crippen LogP contribution is -2.69. The van der Waals surface area contributed by atoms with Crippen LogP contribution in [-0.4, -0.2) is 76.6 Å². The fourth-order valence-electron chi connectivity index (χ4n) is 2.42. The van der Waals surface area contributed by atoms with Crippen LogP contribution in [0, 0.1) is 10.1 Å². The van der Waals surface area contributed by atoms with E-state index < -0.39 is 104 Å². The summed E-state index contributed by atoms with van der Waals surface area (Å²) in [5, 5.41) is 5.19. The first kappa shape index (κ1) is 39.5. The van der Waals surface area contributed by atoms with Gasteiger partial charge in [-0.2, -0.15) is 74.6 Å². The monoisotopic (exact) mass is 727 g/mol. The largest absolute Gasteiger partial charge is 0.460 e. The van der Waals surface area contributed by atoms with Crippen molar-refractivity contribution in [3.63, 3.8) is 0 Å². The molecule has 0 amide bonds. The Morgan fingerprint density at radius 2 is 1.30 bits per heavy atom. The Morgan fingerprint density at radius 1 is 0.795 bits per heavy atom. The van der Waals surface area contributed by atoms with Crippen molar-refractivity contribution in [2.45, 2.75) is 63.2 Å². The van der Waals surface area contributed by atoms with Gasteiger partial charge < -0.3 is 4.74 Å². The lowest BCUT2D eigenvalue weighted by Gasteiger charge is -2.38. The highest BCUT2D eigenvalue weighted by Crippen LogP contribution is 2.58. The molecule has 0 aliphatic carbocycles. The van der Waals surface area contributed by atoms with Crippen molar-refractivity contribution in [1.82, 2.24) is 0 Å². The third-order valence-corrected chi connectivity index (χ3v) is 6.83. The van der Waals surface area contributed by atoms with E-state index in [0.29, 0.717) is 6.07 Å². The molecule has 44 heavy (non-hydrogen) atoms. The van der Waals surface area contributed by atoms with Gasteiger partial charge in [0.25, 0.3) is 5.69 Å². The molecular weight excluding hydrogens is 719 g/mol. The minimum atomic E-state index is -7.91. The van der Waals surface area contributed by atoms with Gasteiger partial charge in [0.1, 0.15) is 0 Å². The second-order valence-corrected chi connectivity index (χ2v) is 10.1. The number of nitrogens with zero attached hydrogens (tertiary/aromatic N) is 1. The molecule has 0 saturated carbocycles. The zero-order valence-corrected chi connectivity index (χ0v) is 21.4. The van der Waals surface area contributed by atoms with Crippen LogP contribution in [0.4, 0.5) is 89.1 Å². The average Bonchev–Trinajstić information content (AvgIpc) is 2.84. The molecule has 254 valence electrons. The van der Waals surface area contributed by atoms with E-state index >= 15 is 0 Å². The minimum absolute atomic E-state index is 0.0230. The van der Waals surface area contributed by atoms with E-state index in [4.69, 9.17) is 0 Å². The Balaban J connectivity index is 3.09. The summed E-state index contributed by atoms with van der Waals surface area (Å²) in [6.45, 7) is -3.30. The standard InChI is InChI=1S/C18H8F19NO4S2/c19-10(20)12(23,24)14(27,28)15(29,30)13(25,26)11(21,22)5-42-9(39)4-43-8-2-1-6(3-7(8)38(40)41)44-18(36,37)16(31,32)17(33,34)35/h1-3,10H,4-5H2. The molecule has 0 aliphatic heterocycles. The van der Waals surface area contributed by atoms with Crippen LogP contribution in [0.5, 0.6) is 0 Å². The summed E-state index contributed by atoms with van der Waals surface area (Å²) in [6.07, 6.45) is -12.5. The first-order valence-electron chi connectivity index (χ1n) is 10.1. The Bertz CT molecular complexity index is 1220. The average molecular weight is 727 g/mol. The van der Waals surface area contributed by atoms with E-state index in [1.54, 1.807) is 0 Å². The smallest absolute Gasteiger partial charge is 0.458 e. The normalized spacial score (nSPS) is 14.6. The molecule has 0 aliphatic rings. The fourth-order valence-corrected chi connectivity index (χ4v) is 4.06. The lowest BCUT2D eigenvalue weighted by atomic mass is 9.94. The van der Waals surface area contributed by atoms with Crippen LogP contribution in [0.25, 0.3) is 0 Å². The molecule has 26 heteroatoms. The minimum Gasteiger partial charge on any atom is -0.458 e. The zero-order valence-electron chi connectivity index (χ0n) is 19.8. The van der Waals surface area contributed by atoms with Crippen LogP contribution in [0.3, 0.4) is 0 Å². The first-order chi connectivity index (χ1) is 19.3. The molecule has 0 spiro atoms. The van der Waals surface area contributed by atoms with Crippen LogP contribution in [0.1, 0.15) is 0 Å². The Morgan fingerprint density at radius 3 is 1.73 bits per heavy atom. The van der Waals surface area contributed by atoms with E-state index in [9.17, 15) is 98.3 Å². The summed E-state index contributed by atoms with van der Waals surface area (Å²) in [4.78, 5) is 19.0. The highest BCUT2D eigenvalue weighted by atomic mass is 32.2. The van der Waals surface area contributed by atoms with Gasteiger partial charge in [-0.25, -0.2) is 8.78 Å². The summed E-state index contributed by atoms with van der Waals surface area (Å²) < 4.78 is 251. The van der Waals surface area contributed by atoms with Gasteiger partial charge in [-0.3, -0.25) is 14.9 Å². The molecule has 0 N–H and O–H groups in total. The third-order valence-electron chi connectivity index (χ3n) is 4.80. The molecule has 0 saturated heterocycles. The van der Waals surface area contributed by atoms with Crippen LogP contribution in [0.15, 0.2) is 28.0 Å². The van der Waals surface area contributed by atoms with Crippen LogP contribution in [0.2, 0.25) is 0 Å². The number of nitro groups is 1. The summed E-state index contributed by atoms with van der Waals surface area (Å²) in [5.41, 5.74) is -1.42. The van der Waals surface area contributed by atoms with Gasteiger partial charge in [-0.1, -0.05) is 0 Å². The number of hydrogen-bond acceptors (Lipinski definition) is 6. The van der Waals surface area contributed by atoms with Gasteiger partial charge in [-0.05, 0) is 23.9 Å². The van der Waals surface area contributed by atoms with Crippen molar-refractivity contribution in [2.75, 3.05) is 12.4 Å². The maximum atomic E-state index is 13.7. The van der Waals surface area contributed by atoms with Gasteiger partial charge in [0.15, 0.2) is 6.61 Å². The SMILES string of the molecule is O=C(CSc1ccc(SC(F)(F)C(F)(F)C(F)(F)F)cc1[N+](=O)[O-])OCC(F)(F)C(F)(F)C(F)(F)C(F)(F)C(F)(F)C(F)F. The third kappa shape index (κ3) is 7.13. The quantitative estimate of drug-likeness (QED) is 0.0630. The fraction of sp³-hybridized carbons (Fsp3) is 0.611. The van der Waals surface area contributed by atoms with Crippen molar-refractivity contribution in [1.29, 1.82) is 0 Å². The lowest BCUT2D eigenvalue weighted by molar-refractivity contribution is -0.414. The number of thioether (sulfide) groups is 2. The maximum Gasteiger partial charge on any atom is 0.460 e. The molecule has 5 nitrogen and oxygen atoms in total. The Kier molecular flexibility index (Phi) is 11.1. The summed E-state index contributed by atoms with van der Waals surface area (Å²) >= 11 is -1.73. The van der Waals surface area contributed by atoms with E-state index in [2.05, 4.69) is 4.74 Å². The number of carbonyl (C=O) groups is 1. The Labute approximate surface area is 237 Å². The summed E-state index contributed by atoms with van der Waals surface area (Å²) in [5.74, 6) is -47.7. The van der Waals surface area contributed by atoms with Gasteiger partial charge >= 0.3 is 59.4 Å². The van der Waals surface area contributed by atoms with Crippen LogP contribution in [-0.2, 0) is 9.53 Å². The molecule has 0 unspecified atom stereocenters. The number of nitro benzene ring substituents is 1. The summed E-state index contributed by atoms with van der Waals surface area (Å²) in [7, 11) is 0. The Hall–Kier alpha value is -2.54. The highest BCUT2D eigenvalue weighted by molar-refractivity contribution is 8.00. The number of carbonyl (C=O) groups excluding carboxylic acids is 1. The topological polar surface area (TPSA) is 69.4 Å². The van der Waals surface area contributed by atoms with Crippen LogP contribution < -0.4 is 0 Å². The maximum absolute atomic E-state index is 13.7. The van der Waals surface area contributed by atoms with Crippen molar-refractivity contribution in [3.8, 4) is 0 Å². The van der Waals surface area contributed by atoms with Gasteiger partial charge in [0.2, 0.25) is 0 Å². The molecule has 1 rings (SSSR count). The molecule has 1 aromatic carbocycles. The molecule has 0 fully saturated rings. The second kappa shape index (κ2) is 12.3. The number of halogens is 19. The second-order valence-electron chi connectivity index (χ2n) is 7.88. The van der Waals surface area contributed by atoms with E-state index in [0.717, 1.165) is 0 Å². The molecule has 0 bridgehead atoms. The molecule has 0 atom stereocenters. The number of rotatable bonds is 14. The molecular formula is C18H8F19NO4S2. The molecule has 1 aromatic rings. The van der Waals surface area contributed by atoms with Gasteiger partial charge in [0.05, 0.1) is 15.6 Å². The van der Waals surface area contributed by atoms with E-state index in [1.165, 1.54) is 0 Å². The van der Waals surface area contributed by atoms with Crippen molar-refractivity contribution < 1.29 is 97.9 Å². The predicted molar refractivity (Wildman–Crippen MR) is 107 cm³/mol. The molecule has 0 aromatic heterocycles. The molecule has 0 heterocycles. The summed E-state index contributed by atoms with van der Waals surface area (Å²) in [6, 6.07) is 0.567. The van der Waals surface area contributed by atoms with Crippen molar-refractivity contribution in [3.05, 3.63) is 28.3 Å². The number of hydrogen-bond donors (Lipinski definition) is 0. The highest BCUT2D eigenvalue weighted by Gasteiger charge is 2.88. The van der Waals surface area contributed by atoms with Gasteiger partial charge in [-0.15, -0.1) is 11.8 Å². The molecule has 0 radical (unpaired) electrons. The van der Waals surface area contributed by atoms with Crippen molar-refractivity contribution >= 4 is 35.2 Å². The zero-order chi connectivity index (χ0) is 35.1. The number of benzene rings is 1. The number of alkyl halides is 19. The number of ether oxygens (including phenoxy) is 1. The number of esters is 1. The first-order valence-corrected chi connectivity index (χ1v) is 11.9. The van der Waals surface area contributed by atoms with Crippen molar-refractivity contribution in [2.24, 2.45) is 0 Å². The van der Waals surface area contributed by atoms with E-state index in [1.807, 2.05) is 0 Å². The predicted octanol–water partition coefficient (Wildman–Crippen LogP) is 8.55. The van der Waals surface area contributed by atoms with Crippen LogP contribution >= 0.6 is 23.5 Å².